The van der Waals surface area contributed by atoms with Gasteiger partial charge < -0.3 is 14.4 Å². The van der Waals surface area contributed by atoms with E-state index in [4.69, 9.17) is 14.5 Å². The zero-order valence-electron chi connectivity index (χ0n) is 24.9. The Morgan fingerprint density at radius 2 is 1.70 bits per heavy atom. The van der Waals surface area contributed by atoms with Crippen molar-refractivity contribution >= 4 is 6.09 Å². The molecule has 0 aliphatic carbocycles. The van der Waals surface area contributed by atoms with Crippen molar-refractivity contribution < 1.29 is 14.3 Å². The van der Waals surface area contributed by atoms with E-state index >= 15 is 0 Å². The van der Waals surface area contributed by atoms with Gasteiger partial charge in [0.05, 0.1) is 11.7 Å². The molecule has 2 aliphatic rings. The molecular formula is C34H43N3O3. The summed E-state index contributed by atoms with van der Waals surface area (Å²) in [6, 6.07) is 16.4. The summed E-state index contributed by atoms with van der Waals surface area (Å²) in [4.78, 5) is 22.8. The minimum Gasteiger partial charge on any atom is -0.457 e. The fourth-order valence-electron chi connectivity index (χ4n) is 6.35. The van der Waals surface area contributed by atoms with E-state index in [0.29, 0.717) is 12.6 Å². The number of para-hydroxylation sites is 1. The van der Waals surface area contributed by atoms with E-state index in [2.05, 4.69) is 44.1 Å². The minimum atomic E-state index is -0.553. The van der Waals surface area contributed by atoms with E-state index in [1.165, 1.54) is 29.5 Å². The second-order valence-electron chi connectivity index (χ2n) is 12.2. The van der Waals surface area contributed by atoms with Gasteiger partial charge in [0.2, 0.25) is 0 Å². The van der Waals surface area contributed by atoms with Crippen LogP contribution in [0.3, 0.4) is 0 Å². The number of rotatable bonds is 6. The van der Waals surface area contributed by atoms with Crippen LogP contribution in [-0.2, 0) is 11.2 Å². The van der Waals surface area contributed by atoms with E-state index in [-0.39, 0.29) is 12.1 Å². The van der Waals surface area contributed by atoms with E-state index < -0.39 is 5.60 Å². The van der Waals surface area contributed by atoms with Gasteiger partial charge in [-0.25, -0.2) is 4.79 Å². The monoisotopic (exact) mass is 541 g/mol. The molecule has 6 heteroatoms. The first kappa shape index (κ1) is 28.2. The highest BCUT2D eigenvalue weighted by molar-refractivity contribution is 5.74. The van der Waals surface area contributed by atoms with Gasteiger partial charge >= 0.3 is 6.09 Å². The number of likely N-dealkylation sites (tertiary alicyclic amines) is 2. The van der Waals surface area contributed by atoms with Crippen molar-refractivity contribution in [3.8, 4) is 22.8 Å². The maximum atomic E-state index is 13.3. The zero-order chi connectivity index (χ0) is 28.4. The number of carbonyl (C=O) groups is 1. The molecule has 2 aliphatic heterocycles. The van der Waals surface area contributed by atoms with Crippen LogP contribution in [0.2, 0.25) is 0 Å². The van der Waals surface area contributed by atoms with E-state index in [0.717, 1.165) is 54.1 Å². The molecule has 0 saturated carbocycles. The highest BCUT2D eigenvalue weighted by Gasteiger charge is 2.35. The van der Waals surface area contributed by atoms with Crippen LogP contribution < -0.4 is 4.74 Å². The summed E-state index contributed by atoms with van der Waals surface area (Å²) in [5.41, 5.74) is 6.50. The first-order valence-electron chi connectivity index (χ1n) is 14.7. The smallest absolute Gasteiger partial charge is 0.410 e. The van der Waals surface area contributed by atoms with Gasteiger partial charge in [0, 0.05) is 24.3 Å². The Bertz CT molecular complexity index is 1350. The van der Waals surface area contributed by atoms with Gasteiger partial charge in [-0.1, -0.05) is 25.1 Å². The molecule has 0 spiro atoms. The Kier molecular flexibility index (Phi) is 8.18. The molecular weight excluding hydrogens is 498 g/mol. The summed E-state index contributed by atoms with van der Waals surface area (Å²) in [5.74, 6) is 1.53. The summed E-state index contributed by atoms with van der Waals surface area (Å²) in [6.07, 6.45) is 6.98. The molecule has 2 aromatic carbocycles. The van der Waals surface area contributed by atoms with Gasteiger partial charge in [-0.2, -0.15) is 0 Å². The minimum absolute atomic E-state index is 0.115. The van der Waals surface area contributed by atoms with Crippen LogP contribution in [0.25, 0.3) is 11.3 Å². The number of aromatic nitrogens is 1. The number of nitrogens with zero attached hydrogens (tertiary/aromatic N) is 3. The van der Waals surface area contributed by atoms with Crippen molar-refractivity contribution in [2.24, 2.45) is 0 Å². The third kappa shape index (κ3) is 5.87. The van der Waals surface area contributed by atoms with Crippen LogP contribution in [0.15, 0.2) is 54.7 Å². The molecule has 2 fully saturated rings. The summed E-state index contributed by atoms with van der Waals surface area (Å²) in [6.45, 7) is 12.0. The van der Waals surface area contributed by atoms with Crippen molar-refractivity contribution in [2.75, 3.05) is 20.1 Å². The van der Waals surface area contributed by atoms with Crippen LogP contribution in [0, 0.1) is 6.92 Å². The number of ether oxygens (including phenoxy) is 2. The first-order chi connectivity index (χ1) is 19.2. The van der Waals surface area contributed by atoms with Crippen molar-refractivity contribution in [1.82, 2.24) is 14.8 Å². The number of pyridine rings is 1. The van der Waals surface area contributed by atoms with Crippen molar-refractivity contribution in [1.29, 1.82) is 0 Å². The molecule has 212 valence electrons. The summed E-state index contributed by atoms with van der Waals surface area (Å²) >= 11 is 0. The molecule has 40 heavy (non-hydrogen) atoms. The number of amides is 1. The van der Waals surface area contributed by atoms with Gasteiger partial charge in [-0.15, -0.1) is 0 Å². The maximum Gasteiger partial charge on any atom is 0.410 e. The fourth-order valence-corrected chi connectivity index (χ4v) is 6.35. The zero-order valence-corrected chi connectivity index (χ0v) is 24.9. The van der Waals surface area contributed by atoms with E-state index in [1.54, 1.807) is 0 Å². The lowest BCUT2D eigenvalue weighted by molar-refractivity contribution is 0.0224. The molecule has 2 saturated heterocycles. The van der Waals surface area contributed by atoms with Gasteiger partial charge in [-0.05, 0) is 126 Å². The van der Waals surface area contributed by atoms with Crippen LogP contribution >= 0.6 is 0 Å². The van der Waals surface area contributed by atoms with Crippen molar-refractivity contribution in [3.05, 3.63) is 77.0 Å². The number of benzene rings is 2. The van der Waals surface area contributed by atoms with Gasteiger partial charge in [0.15, 0.2) is 0 Å². The Labute approximate surface area is 239 Å². The second kappa shape index (κ2) is 11.6. The standard InChI is InChI=1S/C34H43N3O3/c1-7-26-23(2)32(35-22-29(26)30-15-11-19-36(30)6)27-18-17-25(39-24-13-9-8-10-14-24)21-28(27)31-16-12-20-37(31)33(38)40-34(3,4)5/h8-10,13-14,17-18,21-22,30-31H,7,11-12,15-16,19-20H2,1-6H3. The lowest BCUT2D eigenvalue weighted by Gasteiger charge is -2.30. The van der Waals surface area contributed by atoms with Gasteiger partial charge in [0.1, 0.15) is 17.1 Å². The molecule has 5 rings (SSSR count). The van der Waals surface area contributed by atoms with Crippen LogP contribution in [-0.4, -0.2) is 46.6 Å². The Morgan fingerprint density at radius 1 is 0.975 bits per heavy atom. The third-order valence-corrected chi connectivity index (χ3v) is 8.22. The predicted molar refractivity (Wildman–Crippen MR) is 160 cm³/mol. The van der Waals surface area contributed by atoms with Crippen LogP contribution in [0.5, 0.6) is 11.5 Å². The van der Waals surface area contributed by atoms with Gasteiger partial charge in [0.25, 0.3) is 0 Å². The fraction of sp³-hybridized carbons (Fsp3) is 0.471. The highest BCUT2D eigenvalue weighted by Crippen LogP contribution is 2.43. The van der Waals surface area contributed by atoms with Crippen LogP contribution in [0.1, 0.15) is 87.7 Å². The van der Waals surface area contributed by atoms with Crippen molar-refractivity contribution in [3.63, 3.8) is 0 Å². The molecule has 3 aromatic rings. The first-order valence-corrected chi connectivity index (χ1v) is 14.7. The number of hydrogen-bond acceptors (Lipinski definition) is 5. The third-order valence-electron chi connectivity index (χ3n) is 8.22. The summed E-state index contributed by atoms with van der Waals surface area (Å²) in [7, 11) is 2.22. The maximum absolute atomic E-state index is 13.3. The molecule has 0 radical (unpaired) electrons. The largest absolute Gasteiger partial charge is 0.457 e. The lowest BCUT2D eigenvalue weighted by Crippen LogP contribution is -2.36. The van der Waals surface area contributed by atoms with E-state index in [1.807, 2.05) is 62.1 Å². The topological polar surface area (TPSA) is 54.9 Å². The molecule has 1 aromatic heterocycles. The lowest BCUT2D eigenvalue weighted by atomic mass is 9.89. The average molecular weight is 542 g/mol. The molecule has 6 nitrogen and oxygen atoms in total. The number of carbonyl (C=O) groups excluding carboxylic acids is 1. The Balaban J connectivity index is 1.59. The summed E-state index contributed by atoms with van der Waals surface area (Å²) < 4.78 is 12.1. The predicted octanol–water partition coefficient (Wildman–Crippen LogP) is 8.25. The normalized spacial score (nSPS) is 19.7. The Hall–Kier alpha value is -3.38. The second-order valence-corrected chi connectivity index (χ2v) is 12.2. The Morgan fingerprint density at radius 3 is 2.38 bits per heavy atom. The average Bonchev–Trinajstić information content (AvgIpc) is 3.58. The van der Waals surface area contributed by atoms with Crippen LogP contribution in [0.4, 0.5) is 4.79 Å². The molecule has 0 bridgehead atoms. The molecule has 2 atom stereocenters. The molecule has 0 N–H and O–H groups in total. The SMILES string of the molecule is CCc1c(C2CCCN2C)cnc(-c2ccc(Oc3ccccc3)cc2C2CCCN2C(=O)OC(C)(C)C)c1C. The van der Waals surface area contributed by atoms with Gasteiger partial charge in [-0.3, -0.25) is 9.88 Å². The molecule has 2 unspecified atom stereocenters. The number of hydrogen-bond donors (Lipinski definition) is 0. The molecule has 1 amide bonds. The van der Waals surface area contributed by atoms with Crippen molar-refractivity contribution in [2.45, 2.75) is 84.4 Å². The molecule has 3 heterocycles. The highest BCUT2D eigenvalue weighted by atomic mass is 16.6. The summed E-state index contributed by atoms with van der Waals surface area (Å²) in [5, 5.41) is 0. The van der Waals surface area contributed by atoms with E-state index in [9.17, 15) is 4.79 Å². The quantitative estimate of drug-likeness (QED) is 0.314.